The standard InChI is InChI=1S/C13H17NO5/c15-7-10-8-19-4-3-14(10)6-13(18)9-1-2-11(16)12(17)5-9/h1-2,5,10,15-17H,3-4,6-8H2. The number of nitrogens with zero attached hydrogens (tertiary/aromatic N) is 1. The zero-order valence-electron chi connectivity index (χ0n) is 10.5. The molecule has 104 valence electrons. The number of Topliss-reactive ketones (excluding diaryl/α,β-unsaturated/α-hetero) is 1. The van der Waals surface area contributed by atoms with Crippen molar-refractivity contribution < 1.29 is 24.9 Å². The Morgan fingerprint density at radius 1 is 1.37 bits per heavy atom. The maximum absolute atomic E-state index is 12.1. The molecule has 1 atom stereocenters. The van der Waals surface area contributed by atoms with Gasteiger partial charge in [0, 0.05) is 12.1 Å². The molecule has 1 aliphatic heterocycles. The quantitative estimate of drug-likeness (QED) is 0.524. The predicted octanol–water partition coefficient (Wildman–Crippen LogP) is -0.0264. The molecule has 19 heavy (non-hydrogen) atoms. The Kier molecular flexibility index (Phi) is 4.36. The fraction of sp³-hybridized carbons (Fsp3) is 0.462. The Balaban J connectivity index is 2.05. The first-order chi connectivity index (χ1) is 9.11. The predicted molar refractivity (Wildman–Crippen MR) is 67.4 cm³/mol. The summed E-state index contributed by atoms with van der Waals surface area (Å²) in [7, 11) is 0. The van der Waals surface area contributed by atoms with Crippen LogP contribution in [0, 0.1) is 0 Å². The molecule has 0 amide bonds. The lowest BCUT2D eigenvalue weighted by molar-refractivity contribution is -0.0240. The van der Waals surface area contributed by atoms with E-state index in [1.165, 1.54) is 18.2 Å². The lowest BCUT2D eigenvalue weighted by Crippen LogP contribution is -2.49. The van der Waals surface area contributed by atoms with Crippen LogP contribution in [0.5, 0.6) is 11.5 Å². The van der Waals surface area contributed by atoms with Gasteiger partial charge in [0.25, 0.3) is 0 Å². The van der Waals surface area contributed by atoms with E-state index in [2.05, 4.69) is 0 Å². The first-order valence-electron chi connectivity index (χ1n) is 6.09. The number of phenolic OH excluding ortho intramolecular Hbond substituents is 2. The average molecular weight is 267 g/mol. The highest BCUT2D eigenvalue weighted by Crippen LogP contribution is 2.25. The number of rotatable bonds is 4. The molecule has 2 rings (SSSR count). The van der Waals surface area contributed by atoms with Crippen molar-refractivity contribution >= 4 is 5.78 Å². The molecule has 1 aromatic rings. The number of hydrogen-bond donors (Lipinski definition) is 3. The van der Waals surface area contributed by atoms with Crippen LogP contribution in [0.3, 0.4) is 0 Å². The number of ketones is 1. The van der Waals surface area contributed by atoms with E-state index in [4.69, 9.17) is 4.74 Å². The minimum absolute atomic E-state index is 0.0614. The van der Waals surface area contributed by atoms with Crippen molar-refractivity contribution in [2.45, 2.75) is 6.04 Å². The second-order valence-corrected chi connectivity index (χ2v) is 4.51. The molecule has 3 N–H and O–H groups in total. The maximum atomic E-state index is 12.1. The van der Waals surface area contributed by atoms with E-state index >= 15 is 0 Å². The smallest absolute Gasteiger partial charge is 0.176 e. The van der Waals surface area contributed by atoms with Gasteiger partial charge >= 0.3 is 0 Å². The largest absolute Gasteiger partial charge is 0.504 e. The van der Waals surface area contributed by atoms with Gasteiger partial charge in [-0.3, -0.25) is 9.69 Å². The van der Waals surface area contributed by atoms with Crippen molar-refractivity contribution in [1.82, 2.24) is 4.90 Å². The highest BCUT2D eigenvalue weighted by Gasteiger charge is 2.24. The molecular formula is C13H17NO5. The molecule has 6 heteroatoms. The normalized spacial score (nSPS) is 20.4. The number of benzene rings is 1. The van der Waals surface area contributed by atoms with Crippen LogP contribution in [-0.2, 0) is 4.74 Å². The number of aromatic hydroxyl groups is 2. The third-order valence-electron chi connectivity index (χ3n) is 3.20. The van der Waals surface area contributed by atoms with E-state index < -0.39 is 0 Å². The van der Waals surface area contributed by atoms with Crippen LogP contribution < -0.4 is 0 Å². The molecule has 1 aromatic carbocycles. The van der Waals surface area contributed by atoms with Gasteiger partial charge < -0.3 is 20.1 Å². The van der Waals surface area contributed by atoms with Crippen LogP contribution >= 0.6 is 0 Å². The van der Waals surface area contributed by atoms with Crippen LogP contribution in [0.4, 0.5) is 0 Å². The van der Waals surface area contributed by atoms with Gasteiger partial charge in [-0.25, -0.2) is 0 Å². The Morgan fingerprint density at radius 3 is 2.84 bits per heavy atom. The van der Waals surface area contributed by atoms with Crippen molar-refractivity contribution in [3.8, 4) is 11.5 Å². The van der Waals surface area contributed by atoms with Crippen LogP contribution in [-0.4, -0.2) is 65.0 Å². The minimum Gasteiger partial charge on any atom is -0.504 e. The molecule has 1 unspecified atom stereocenters. The number of carbonyl (C=O) groups excluding carboxylic acids is 1. The van der Waals surface area contributed by atoms with Gasteiger partial charge in [-0.2, -0.15) is 0 Å². The molecule has 0 bridgehead atoms. The van der Waals surface area contributed by atoms with E-state index in [-0.39, 0.29) is 36.5 Å². The summed E-state index contributed by atoms with van der Waals surface area (Å²) in [5.41, 5.74) is 0.332. The third-order valence-corrected chi connectivity index (χ3v) is 3.20. The van der Waals surface area contributed by atoms with Gasteiger partial charge in [-0.1, -0.05) is 0 Å². The Hall–Kier alpha value is -1.63. The first kappa shape index (κ1) is 13.8. The summed E-state index contributed by atoms with van der Waals surface area (Å²) in [4.78, 5) is 13.9. The van der Waals surface area contributed by atoms with Crippen molar-refractivity contribution in [2.24, 2.45) is 0 Å². The highest BCUT2D eigenvalue weighted by atomic mass is 16.5. The van der Waals surface area contributed by atoms with Crippen LogP contribution in [0.1, 0.15) is 10.4 Å². The minimum atomic E-state index is -0.313. The van der Waals surface area contributed by atoms with Gasteiger partial charge in [-0.15, -0.1) is 0 Å². The molecule has 1 saturated heterocycles. The molecule has 0 saturated carbocycles. The molecule has 1 fully saturated rings. The fourth-order valence-corrected chi connectivity index (χ4v) is 2.04. The van der Waals surface area contributed by atoms with Crippen molar-refractivity contribution in [3.05, 3.63) is 23.8 Å². The molecule has 0 radical (unpaired) electrons. The second kappa shape index (κ2) is 6.01. The zero-order chi connectivity index (χ0) is 13.8. The summed E-state index contributed by atoms with van der Waals surface area (Å²) in [6, 6.07) is 3.81. The number of hydrogen-bond acceptors (Lipinski definition) is 6. The molecule has 6 nitrogen and oxygen atoms in total. The number of morpholine rings is 1. The molecule has 0 aliphatic carbocycles. The van der Waals surface area contributed by atoms with E-state index in [0.717, 1.165) is 0 Å². The fourth-order valence-electron chi connectivity index (χ4n) is 2.04. The van der Waals surface area contributed by atoms with Crippen molar-refractivity contribution in [3.63, 3.8) is 0 Å². The molecule has 1 heterocycles. The van der Waals surface area contributed by atoms with Crippen molar-refractivity contribution in [1.29, 1.82) is 0 Å². The second-order valence-electron chi connectivity index (χ2n) is 4.51. The summed E-state index contributed by atoms with van der Waals surface area (Å²) < 4.78 is 5.24. The number of aliphatic hydroxyl groups excluding tert-OH is 1. The molecule has 0 spiro atoms. The van der Waals surface area contributed by atoms with Gasteiger partial charge in [-0.05, 0) is 18.2 Å². The van der Waals surface area contributed by atoms with E-state index in [0.29, 0.717) is 25.3 Å². The van der Waals surface area contributed by atoms with Gasteiger partial charge in [0.2, 0.25) is 0 Å². The summed E-state index contributed by atoms with van der Waals surface area (Å²) in [5.74, 6) is -0.738. The van der Waals surface area contributed by atoms with E-state index in [9.17, 15) is 20.1 Å². The molecule has 0 aromatic heterocycles. The van der Waals surface area contributed by atoms with Crippen LogP contribution in [0.25, 0.3) is 0 Å². The SMILES string of the molecule is O=C(CN1CCOCC1CO)c1ccc(O)c(O)c1. The van der Waals surface area contributed by atoms with Crippen molar-refractivity contribution in [2.75, 3.05) is 32.9 Å². The highest BCUT2D eigenvalue weighted by molar-refractivity contribution is 5.98. The Labute approximate surface area is 110 Å². The third kappa shape index (κ3) is 3.23. The summed E-state index contributed by atoms with van der Waals surface area (Å²) in [5, 5.41) is 27.8. The number of phenols is 2. The lowest BCUT2D eigenvalue weighted by Gasteiger charge is -2.33. The summed E-state index contributed by atoms with van der Waals surface area (Å²) in [6.07, 6.45) is 0. The number of aliphatic hydroxyl groups is 1. The van der Waals surface area contributed by atoms with Gasteiger partial charge in [0.15, 0.2) is 17.3 Å². The topological polar surface area (TPSA) is 90.2 Å². The van der Waals surface area contributed by atoms with Crippen LogP contribution in [0.2, 0.25) is 0 Å². The maximum Gasteiger partial charge on any atom is 0.176 e. The van der Waals surface area contributed by atoms with Gasteiger partial charge in [0.05, 0.1) is 32.4 Å². The van der Waals surface area contributed by atoms with Gasteiger partial charge in [0.1, 0.15) is 0 Å². The average Bonchev–Trinajstić information content (AvgIpc) is 2.42. The zero-order valence-corrected chi connectivity index (χ0v) is 10.5. The number of carbonyl (C=O) groups is 1. The first-order valence-corrected chi connectivity index (χ1v) is 6.09. The summed E-state index contributed by atoms with van der Waals surface area (Å²) >= 11 is 0. The lowest BCUT2D eigenvalue weighted by atomic mass is 10.1. The molecular weight excluding hydrogens is 250 g/mol. The van der Waals surface area contributed by atoms with E-state index in [1.54, 1.807) is 0 Å². The Morgan fingerprint density at radius 2 is 2.16 bits per heavy atom. The summed E-state index contributed by atoms with van der Waals surface area (Å²) in [6.45, 7) is 1.61. The monoisotopic (exact) mass is 267 g/mol. The number of ether oxygens (including phenoxy) is 1. The molecule has 1 aliphatic rings. The van der Waals surface area contributed by atoms with E-state index in [1.807, 2.05) is 4.90 Å². The Bertz CT molecular complexity index is 462. The van der Waals surface area contributed by atoms with Crippen LogP contribution in [0.15, 0.2) is 18.2 Å².